The molecule has 1 fully saturated rings. The van der Waals surface area contributed by atoms with E-state index in [0.29, 0.717) is 31.5 Å². The first-order chi connectivity index (χ1) is 8.54. The molecule has 0 radical (unpaired) electrons. The number of nitrogens with zero attached hydrogens (tertiary/aromatic N) is 1. The van der Waals surface area contributed by atoms with Crippen LogP contribution in [0.4, 0.5) is 0 Å². The third-order valence-corrected chi connectivity index (χ3v) is 3.63. The van der Waals surface area contributed by atoms with E-state index in [0.717, 1.165) is 5.56 Å². The van der Waals surface area contributed by atoms with Gasteiger partial charge in [-0.25, -0.2) is 0 Å². The summed E-state index contributed by atoms with van der Waals surface area (Å²) in [6.07, 6.45) is 1.11. The molecular formula is C14H20N2O2. The van der Waals surface area contributed by atoms with Gasteiger partial charge in [-0.05, 0) is 31.9 Å². The average molecular weight is 248 g/mol. The van der Waals surface area contributed by atoms with Crippen LogP contribution < -0.4 is 5.73 Å². The number of aryl methyl sites for hydroxylation is 1. The Morgan fingerprint density at radius 1 is 1.44 bits per heavy atom. The van der Waals surface area contributed by atoms with Gasteiger partial charge in [0.1, 0.15) is 0 Å². The van der Waals surface area contributed by atoms with Gasteiger partial charge in [-0.2, -0.15) is 0 Å². The first kappa shape index (κ1) is 13.1. The first-order valence-electron chi connectivity index (χ1n) is 6.32. The SMILES string of the molecule is Cc1cccc(C(=O)N2CCC(O)(CN)CC2)c1. The van der Waals surface area contributed by atoms with Crippen molar-refractivity contribution in [1.29, 1.82) is 0 Å². The van der Waals surface area contributed by atoms with E-state index in [9.17, 15) is 9.90 Å². The van der Waals surface area contributed by atoms with E-state index in [1.165, 1.54) is 0 Å². The molecule has 0 unspecified atom stereocenters. The average Bonchev–Trinajstić information content (AvgIpc) is 2.39. The van der Waals surface area contributed by atoms with Crippen LogP contribution in [0.25, 0.3) is 0 Å². The number of carbonyl (C=O) groups is 1. The van der Waals surface area contributed by atoms with Gasteiger partial charge in [0, 0.05) is 25.2 Å². The zero-order chi connectivity index (χ0) is 13.2. The molecule has 1 aliphatic rings. The molecule has 4 nitrogen and oxygen atoms in total. The minimum Gasteiger partial charge on any atom is -0.388 e. The Morgan fingerprint density at radius 3 is 2.67 bits per heavy atom. The van der Waals surface area contributed by atoms with E-state index in [-0.39, 0.29) is 12.5 Å². The highest BCUT2D eigenvalue weighted by molar-refractivity contribution is 5.94. The lowest BCUT2D eigenvalue weighted by atomic mass is 9.91. The van der Waals surface area contributed by atoms with Crippen LogP contribution in [0.3, 0.4) is 0 Å². The monoisotopic (exact) mass is 248 g/mol. The molecule has 98 valence electrons. The number of carbonyl (C=O) groups excluding carboxylic acids is 1. The van der Waals surface area contributed by atoms with Crippen LogP contribution in [-0.2, 0) is 0 Å². The van der Waals surface area contributed by atoms with E-state index in [1.54, 1.807) is 4.90 Å². The fourth-order valence-electron chi connectivity index (χ4n) is 2.29. The maximum Gasteiger partial charge on any atom is 0.253 e. The predicted octanol–water partition coefficient (Wildman–Crippen LogP) is 0.921. The molecule has 0 saturated carbocycles. The number of hydrogen-bond donors (Lipinski definition) is 2. The Morgan fingerprint density at radius 2 is 2.11 bits per heavy atom. The molecule has 1 aromatic rings. The Labute approximate surface area is 107 Å². The largest absolute Gasteiger partial charge is 0.388 e. The summed E-state index contributed by atoms with van der Waals surface area (Å²) in [7, 11) is 0. The van der Waals surface area contributed by atoms with E-state index in [2.05, 4.69) is 0 Å². The molecule has 1 saturated heterocycles. The molecule has 0 spiro atoms. The Hall–Kier alpha value is -1.39. The van der Waals surface area contributed by atoms with E-state index in [4.69, 9.17) is 5.73 Å². The van der Waals surface area contributed by atoms with Crippen molar-refractivity contribution in [2.24, 2.45) is 5.73 Å². The third-order valence-electron chi connectivity index (χ3n) is 3.63. The van der Waals surface area contributed by atoms with Crippen molar-refractivity contribution in [3.05, 3.63) is 35.4 Å². The van der Waals surface area contributed by atoms with Gasteiger partial charge < -0.3 is 15.7 Å². The van der Waals surface area contributed by atoms with Crippen molar-refractivity contribution in [2.45, 2.75) is 25.4 Å². The van der Waals surface area contributed by atoms with Gasteiger partial charge >= 0.3 is 0 Å². The molecule has 2 rings (SSSR count). The summed E-state index contributed by atoms with van der Waals surface area (Å²) in [5, 5.41) is 10.0. The number of piperidine rings is 1. The van der Waals surface area contributed by atoms with Crippen LogP contribution in [0.2, 0.25) is 0 Å². The summed E-state index contributed by atoms with van der Waals surface area (Å²) in [5.41, 5.74) is 6.54. The summed E-state index contributed by atoms with van der Waals surface area (Å²) < 4.78 is 0. The molecule has 1 aliphatic heterocycles. The second kappa shape index (κ2) is 5.08. The minimum atomic E-state index is -0.788. The number of amides is 1. The van der Waals surface area contributed by atoms with Crippen molar-refractivity contribution in [3.8, 4) is 0 Å². The van der Waals surface area contributed by atoms with Gasteiger partial charge in [0.25, 0.3) is 5.91 Å². The molecular weight excluding hydrogens is 228 g/mol. The van der Waals surface area contributed by atoms with Crippen molar-refractivity contribution in [2.75, 3.05) is 19.6 Å². The molecule has 0 bridgehead atoms. The van der Waals surface area contributed by atoms with Gasteiger partial charge in [-0.1, -0.05) is 17.7 Å². The Kier molecular flexibility index (Phi) is 3.68. The fourth-order valence-corrected chi connectivity index (χ4v) is 2.29. The van der Waals surface area contributed by atoms with Gasteiger partial charge in [-0.3, -0.25) is 4.79 Å². The van der Waals surface area contributed by atoms with Crippen LogP contribution >= 0.6 is 0 Å². The maximum atomic E-state index is 12.3. The smallest absolute Gasteiger partial charge is 0.253 e. The molecule has 3 N–H and O–H groups in total. The number of aliphatic hydroxyl groups is 1. The van der Waals surface area contributed by atoms with Crippen LogP contribution in [-0.4, -0.2) is 41.1 Å². The zero-order valence-corrected chi connectivity index (χ0v) is 10.7. The number of nitrogens with two attached hydrogens (primary N) is 1. The molecule has 0 aromatic heterocycles. The summed E-state index contributed by atoms with van der Waals surface area (Å²) in [6, 6.07) is 7.59. The lowest BCUT2D eigenvalue weighted by Crippen LogP contribution is -2.50. The highest BCUT2D eigenvalue weighted by Gasteiger charge is 2.32. The first-order valence-corrected chi connectivity index (χ1v) is 6.32. The summed E-state index contributed by atoms with van der Waals surface area (Å²) in [5.74, 6) is 0.0396. The van der Waals surface area contributed by atoms with Gasteiger partial charge in [0.05, 0.1) is 5.60 Å². The molecule has 1 amide bonds. The van der Waals surface area contributed by atoms with Crippen molar-refractivity contribution in [1.82, 2.24) is 4.90 Å². The second-order valence-electron chi connectivity index (χ2n) is 5.09. The topological polar surface area (TPSA) is 66.6 Å². The Balaban J connectivity index is 2.04. The van der Waals surface area contributed by atoms with Gasteiger partial charge in [-0.15, -0.1) is 0 Å². The van der Waals surface area contributed by atoms with Crippen LogP contribution in [0.5, 0.6) is 0 Å². The maximum absolute atomic E-state index is 12.3. The molecule has 18 heavy (non-hydrogen) atoms. The highest BCUT2D eigenvalue weighted by atomic mass is 16.3. The normalized spacial score (nSPS) is 18.7. The molecule has 0 atom stereocenters. The Bertz CT molecular complexity index is 437. The lowest BCUT2D eigenvalue weighted by molar-refractivity contribution is -0.00951. The van der Waals surface area contributed by atoms with Crippen molar-refractivity contribution in [3.63, 3.8) is 0 Å². The number of rotatable bonds is 2. The van der Waals surface area contributed by atoms with Gasteiger partial charge in [0.15, 0.2) is 0 Å². The number of hydrogen-bond acceptors (Lipinski definition) is 3. The second-order valence-corrected chi connectivity index (χ2v) is 5.09. The van der Waals surface area contributed by atoms with Gasteiger partial charge in [0.2, 0.25) is 0 Å². The zero-order valence-electron chi connectivity index (χ0n) is 10.7. The van der Waals surface area contributed by atoms with Crippen LogP contribution in [0.15, 0.2) is 24.3 Å². The van der Waals surface area contributed by atoms with E-state index < -0.39 is 5.60 Å². The van der Waals surface area contributed by atoms with E-state index >= 15 is 0 Å². The van der Waals surface area contributed by atoms with E-state index in [1.807, 2.05) is 31.2 Å². The molecule has 1 heterocycles. The molecule has 4 heteroatoms. The standard InChI is InChI=1S/C14H20N2O2/c1-11-3-2-4-12(9-11)13(17)16-7-5-14(18,10-15)6-8-16/h2-4,9,18H,5-8,10,15H2,1H3. The lowest BCUT2D eigenvalue weighted by Gasteiger charge is -2.37. The van der Waals surface area contributed by atoms with Crippen LogP contribution in [0.1, 0.15) is 28.8 Å². The summed E-state index contributed by atoms with van der Waals surface area (Å²) in [4.78, 5) is 14.1. The van der Waals surface area contributed by atoms with Crippen molar-refractivity contribution < 1.29 is 9.90 Å². The summed E-state index contributed by atoms with van der Waals surface area (Å²) >= 11 is 0. The number of likely N-dealkylation sites (tertiary alicyclic amines) is 1. The highest BCUT2D eigenvalue weighted by Crippen LogP contribution is 2.22. The molecule has 1 aromatic carbocycles. The minimum absolute atomic E-state index is 0.0396. The number of benzene rings is 1. The molecule has 0 aliphatic carbocycles. The van der Waals surface area contributed by atoms with Crippen LogP contribution in [0, 0.1) is 6.92 Å². The van der Waals surface area contributed by atoms with Crippen molar-refractivity contribution >= 4 is 5.91 Å². The third kappa shape index (κ3) is 2.71. The predicted molar refractivity (Wildman–Crippen MR) is 70.3 cm³/mol. The fraction of sp³-hybridized carbons (Fsp3) is 0.500. The summed E-state index contributed by atoms with van der Waals surface area (Å²) in [6.45, 7) is 3.38. The quantitative estimate of drug-likeness (QED) is 0.818.